The monoisotopic (exact) mass is 279 g/mol. The molecule has 1 aliphatic heterocycles. The third-order valence-corrected chi connectivity index (χ3v) is 3.33. The van der Waals surface area contributed by atoms with Crippen LogP contribution in [0, 0.1) is 0 Å². The van der Waals surface area contributed by atoms with Crippen LogP contribution in [0.2, 0.25) is 0 Å². The topological polar surface area (TPSA) is 62.8 Å². The molecule has 0 radical (unpaired) electrons. The fourth-order valence-electron chi connectivity index (χ4n) is 2.15. The second-order valence-electron chi connectivity index (χ2n) is 4.57. The molecule has 0 bridgehead atoms. The standard InChI is InChI=1S/C14H21N3O3/c1-19-12-4-3-11(13(9-12)20-2)10-16-14(18)17-7-5-15-6-8-17/h3-4,9,15H,5-8,10H2,1-2H3,(H,16,18). The highest BCUT2D eigenvalue weighted by molar-refractivity contribution is 5.74. The van der Waals surface area contributed by atoms with Crippen molar-refractivity contribution in [2.24, 2.45) is 0 Å². The minimum absolute atomic E-state index is 0.0376. The van der Waals surface area contributed by atoms with Crippen LogP contribution in [-0.2, 0) is 6.54 Å². The average molecular weight is 279 g/mol. The minimum Gasteiger partial charge on any atom is -0.497 e. The van der Waals surface area contributed by atoms with E-state index < -0.39 is 0 Å². The molecule has 0 aliphatic carbocycles. The Hall–Kier alpha value is -1.95. The number of rotatable bonds is 4. The number of carbonyl (C=O) groups excluding carboxylic acids is 1. The number of piperazine rings is 1. The number of nitrogens with zero attached hydrogens (tertiary/aromatic N) is 1. The fourth-order valence-corrected chi connectivity index (χ4v) is 2.15. The van der Waals surface area contributed by atoms with E-state index in [2.05, 4.69) is 10.6 Å². The van der Waals surface area contributed by atoms with Crippen molar-refractivity contribution in [1.82, 2.24) is 15.5 Å². The number of benzene rings is 1. The number of ether oxygens (including phenoxy) is 2. The SMILES string of the molecule is COc1ccc(CNC(=O)N2CCNCC2)c(OC)c1. The van der Waals surface area contributed by atoms with Crippen molar-refractivity contribution in [2.45, 2.75) is 6.54 Å². The van der Waals surface area contributed by atoms with Gasteiger partial charge in [-0.05, 0) is 12.1 Å². The summed E-state index contributed by atoms with van der Waals surface area (Å²) < 4.78 is 10.5. The maximum absolute atomic E-state index is 12.0. The van der Waals surface area contributed by atoms with E-state index in [0.29, 0.717) is 12.3 Å². The van der Waals surface area contributed by atoms with Gasteiger partial charge in [-0.3, -0.25) is 0 Å². The second kappa shape index (κ2) is 7.00. The van der Waals surface area contributed by atoms with Crippen molar-refractivity contribution in [3.05, 3.63) is 23.8 Å². The summed E-state index contributed by atoms with van der Waals surface area (Å²) >= 11 is 0. The largest absolute Gasteiger partial charge is 0.497 e. The molecule has 2 N–H and O–H groups in total. The van der Waals surface area contributed by atoms with E-state index in [0.717, 1.165) is 37.5 Å². The van der Waals surface area contributed by atoms with Crippen molar-refractivity contribution in [3.8, 4) is 11.5 Å². The van der Waals surface area contributed by atoms with Crippen molar-refractivity contribution in [1.29, 1.82) is 0 Å². The van der Waals surface area contributed by atoms with Gasteiger partial charge in [0.2, 0.25) is 0 Å². The Labute approximate surface area is 119 Å². The van der Waals surface area contributed by atoms with Crippen LogP contribution in [0.25, 0.3) is 0 Å². The molecule has 0 unspecified atom stereocenters. The lowest BCUT2D eigenvalue weighted by molar-refractivity contribution is 0.189. The molecule has 6 nitrogen and oxygen atoms in total. The van der Waals surface area contributed by atoms with Crippen LogP contribution in [0.4, 0.5) is 4.79 Å². The van der Waals surface area contributed by atoms with E-state index in [1.54, 1.807) is 14.2 Å². The Morgan fingerprint density at radius 2 is 2.05 bits per heavy atom. The highest BCUT2D eigenvalue weighted by Gasteiger charge is 2.16. The Bertz CT molecular complexity index is 459. The third-order valence-electron chi connectivity index (χ3n) is 3.33. The summed E-state index contributed by atoms with van der Waals surface area (Å²) in [6.45, 7) is 3.62. The predicted molar refractivity (Wildman–Crippen MR) is 76.2 cm³/mol. The van der Waals surface area contributed by atoms with Crippen LogP contribution in [0.5, 0.6) is 11.5 Å². The van der Waals surface area contributed by atoms with Gasteiger partial charge in [-0.2, -0.15) is 0 Å². The molecule has 0 atom stereocenters. The van der Waals surface area contributed by atoms with Gasteiger partial charge in [0.15, 0.2) is 0 Å². The molecule has 0 aromatic heterocycles. The number of amides is 2. The van der Waals surface area contributed by atoms with Crippen molar-refractivity contribution in [3.63, 3.8) is 0 Å². The predicted octanol–water partition coefficient (Wildman–Crippen LogP) is 0.819. The zero-order valence-corrected chi connectivity index (χ0v) is 11.9. The minimum atomic E-state index is -0.0376. The van der Waals surface area contributed by atoms with Gasteiger partial charge in [0.1, 0.15) is 11.5 Å². The summed E-state index contributed by atoms with van der Waals surface area (Å²) in [5.41, 5.74) is 0.928. The fraction of sp³-hybridized carbons (Fsp3) is 0.500. The van der Waals surface area contributed by atoms with Gasteiger partial charge < -0.3 is 25.0 Å². The van der Waals surface area contributed by atoms with Gasteiger partial charge in [0.25, 0.3) is 0 Å². The van der Waals surface area contributed by atoms with E-state index in [1.807, 2.05) is 23.1 Å². The summed E-state index contributed by atoms with van der Waals surface area (Å²) in [6, 6.07) is 5.53. The maximum atomic E-state index is 12.0. The van der Waals surface area contributed by atoms with Gasteiger partial charge in [0.05, 0.1) is 14.2 Å². The number of nitrogens with one attached hydrogen (secondary N) is 2. The van der Waals surface area contributed by atoms with Crippen LogP contribution >= 0.6 is 0 Å². The van der Waals surface area contributed by atoms with E-state index in [1.165, 1.54) is 0 Å². The van der Waals surface area contributed by atoms with Crippen molar-refractivity contribution < 1.29 is 14.3 Å². The smallest absolute Gasteiger partial charge is 0.317 e. The molecular formula is C14H21N3O3. The van der Waals surface area contributed by atoms with E-state index >= 15 is 0 Å². The lowest BCUT2D eigenvalue weighted by Gasteiger charge is -2.27. The summed E-state index contributed by atoms with van der Waals surface area (Å²) in [5.74, 6) is 1.45. The Balaban J connectivity index is 1.94. The summed E-state index contributed by atoms with van der Waals surface area (Å²) in [5, 5.41) is 6.14. The first-order chi connectivity index (χ1) is 9.74. The summed E-state index contributed by atoms with van der Waals surface area (Å²) in [4.78, 5) is 13.8. The molecule has 0 spiro atoms. The van der Waals surface area contributed by atoms with E-state index in [4.69, 9.17) is 9.47 Å². The molecule has 1 saturated heterocycles. The normalized spacial score (nSPS) is 14.8. The Kier molecular flexibility index (Phi) is 5.06. The molecule has 0 saturated carbocycles. The molecule has 20 heavy (non-hydrogen) atoms. The zero-order valence-electron chi connectivity index (χ0n) is 11.9. The summed E-state index contributed by atoms with van der Waals surface area (Å²) in [6.07, 6.45) is 0. The third kappa shape index (κ3) is 3.54. The van der Waals surface area contributed by atoms with Crippen LogP contribution in [0.3, 0.4) is 0 Å². The van der Waals surface area contributed by atoms with Gasteiger partial charge >= 0.3 is 6.03 Å². The van der Waals surface area contributed by atoms with Gasteiger partial charge in [0, 0.05) is 44.4 Å². The van der Waals surface area contributed by atoms with E-state index in [9.17, 15) is 4.79 Å². The number of urea groups is 1. The molecule has 110 valence electrons. The van der Waals surface area contributed by atoms with Crippen LogP contribution < -0.4 is 20.1 Å². The number of methoxy groups -OCH3 is 2. The summed E-state index contributed by atoms with van der Waals surface area (Å²) in [7, 11) is 3.22. The maximum Gasteiger partial charge on any atom is 0.317 e. The molecule has 1 aromatic rings. The first-order valence-corrected chi connectivity index (χ1v) is 6.69. The number of hydrogen-bond donors (Lipinski definition) is 2. The first kappa shape index (κ1) is 14.5. The van der Waals surface area contributed by atoms with Crippen LogP contribution in [0.15, 0.2) is 18.2 Å². The number of hydrogen-bond acceptors (Lipinski definition) is 4. The molecule has 2 amide bonds. The Morgan fingerprint density at radius 1 is 1.30 bits per heavy atom. The number of carbonyl (C=O) groups is 1. The van der Waals surface area contributed by atoms with Crippen LogP contribution in [-0.4, -0.2) is 51.3 Å². The first-order valence-electron chi connectivity index (χ1n) is 6.69. The molecule has 1 heterocycles. The molecule has 2 rings (SSSR count). The molecule has 1 aliphatic rings. The molecule has 1 fully saturated rings. The molecule has 1 aromatic carbocycles. The van der Waals surface area contributed by atoms with Gasteiger partial charge in [-0.15, -0.1) is 0 Å². The van der Waals surface area contributed by atoms with Crippen LogP contribution in [0.1, 0.15) is 5.56 Å². The average Bonchev–Trinajstić information content (AvgIpc) is 2.53. The van der Waals surface area contributed by atoms with Crippen molar-refractivity contribution >= 4 is 6.03 Å². The molecule has 6 heteroatoms. The molecular weight excluding hydrogens is 258 g/mol. The van der Waals surface area contributed by atoms with Gasteiger partial charge in [-0.25, -0.2) is 4.79 Å². The zero-order chi connectivity index (χ0) is 14.4. The quantitative estimate of drug-likeness (QED) is 0.856. The lowest BCUT2D eigenvalue weighted by atomic mass is 10.2. The van der Waals surface area contributed by atoms with Gasteiger partial charge in [-0.1, -0.05) is 0 Å². The van der Waals surface area contributed by atoms with E-state index in [-0.39, 0.29) is 6.03 Å². The highest BCUT2D eigenvalue weighted by Crippen LogP contribution is 2.24. The Morgan fingerprint density at radius 3 is 2.70 bits per heavy atom. The lowest BCUT2D eigenvalue weighted by Crippen LogP contribution is -2.50. The highest BCUT2D eigenvalue weighted by atomic mass is 16.5. The second-order valence-corrected chi connectivity index (χ2v) is 4.57. The van der Waals surface area contributed by atoms with Crippen molar-refractivity contribution in [2.75, 3.05) is 40.4 Å².